The Kier molecular flexibility index (Phi) is 5.74. The van der Waals surface area contributed by atoms with Crippen LogP contribution in [0.25, 0.3) is 0 Å². The number of hydrogen-bond donors (Lipinski definition) is 1. The van der Waals surface area contributed by atoms with E-state index < -0.39 is 0 Å². The van der Waals surface area contributed by atoms with Crippen molar-refractivity contribution in [2.24, 2.45) is 11.7 Å². The Hall–Kier alpha value is -1.46. The van der Waals surface area contributed by atoms with Crippen LogP contribution in [0.5, 0.6) is 0 Å². The van der Waals surface area contributed by atoms with Gasteiger partial charge in [-0.15, -0.1) is 0 Å². The van der Waals surface area contributed by atoms with Crippen LogP contribution in [0.15, 0.2) is 18.3 Å². The van der Waals surface area contributed by atoms with E-state index in [0.29, 0.717) is 13.1 Å². The van der Waals surface area contributed by atoms with Gasteiger partial charge < -0.3 is 15.4 Å². The molecule has 1 aromatic heterocycles. The van der Waals surface area contributed by atoms with Gasteiger partial charge in [0.1, 0.15) is 0 Å². The highest BCUT2D eigenvalue weighted by Gasteiger charge is 2.16. The molecule has 0 aliphatic carbocycles. The van der Waals surface area contributed by atoms with Gasteiger partial charge in [-0.05, 0) is 18.7 Å². The molecular formula is C13H21N3O2. The number of pyridine rings is 1. The zero-order valence-corrected chi connectivity index (χ0v) is 11.2. The number of ether oxygens (including phenoxy) is 1. The van der Waals surface area contributed by atoms with Crippen LogP contribution < -0.4 is 5.73 Å². The van der Waals surface area contributed by atoms with Gasteiger partial charge in [-0.25, -0.2) is 0 Å². The lowest BCUT2D eigenvalue weighted by Crippen LogP contribution is -2.29. The minimum Gasteiger partial charge on any atom is -0.469 e. The van der Waals surface area contributed by atoms with Crippen LogP contribution in [0.1, 0.15) is 18.2 Å². The molecule has 0 saturated heterocycles. The molecule has 18 heavy (non-hydrogen) atoms. The van der Waals surface area contributed by atoms with Crippen molar-refractivity contribution in [2.75, 3.05) is 20.7 Å². The molecule has 0 aliphatic heterocycles. The summed E-state index contributed by atoms with van der Waals surface area (Å²) in [5.41, 5.74) is 7.64. The smallest absolute Gasteiger partial charge is 0.309 e. The van der Waals surface area contributed by atoms with Crippen molar-refractivity contribution in [2.45, 2.75) is 20.0 Å². The molecule has 0 bridgehead atoms. The minimum absolute atomic E-state index is 0.141. The Morgan fingerprint density at radius 3 is 2.94 bits per heavy atom. The number of esters is 1. The zero-order chi connectivity index (χ0) is 13.5. The molecule has 0 fully saturated rings. The first-order valence-corrected chi connectivity index (χ1v) is 5.97. The predicted octanol–water partition coefficient (Wildman–Crippen LogP) is 0.781. The minimum atomic E-state index is -0.188. The Balaban J connectivity index is 2.59. The molecule has 0 aromatic carbocycles. The van der Waals surface area contributed by atoms with E-state index in [9.17, 15) is 4.79 Å². The molecule has 1 atom stereocenters. The average Bonchev–Trinajstić information content (AvgIpc) is 2.38. The van der Waals surface area contributed by atoms with Gasteiger partial charge in [0.25, 0.3) is 0 Å². The van der Waals surface area contributed by atoms with Crippen LogP contribution >= 0.6 is 0 Å². The summed E-state index contributed by atoms with van der Waals surface area (Å²) in [6.07, 6.45) is 1.74. The van der Waals surface area contributed by atoms with Crippen molar-refractivity contribution in [3.63, 3.8) is 0 Å². The fraction of sp³-hybridized carbons (Fsp3) is 0.538. The predicted molar refractivity (Wildman–Crippen MR) is 69.6 cm³/mol. The normalized spacial score (nSPS) is 12.5. The monoisotopic (exact) mass is 251 g/mol. The van der Waals surface area contributed by atoms with Gasteiger partial charge in [0.15, 0.2) is 0 Å². The van der Waals surface area contributed by atoms with Crippen molar-refractivity contribution in [1.29, 1.82) is 0 Å². The molecule has 2 N–H and O–H groups in total. The first-order chi connectivity index (χ1) is 8.58. The highest BCUT2D eigenvalue weighted by atomic mass is 16.5. The van der Waals surface area contributed by atoms with Crippen LogP contribution in [-0.2, 0) is 22.6 Å². The molecule has 1 unspecified atom stereocenters. The Labute approximate surface area is 108 Å². The summed E-state index contributed by atoms with van der Waals surface area (Å²) in [6.45, 7) is 3.65. The van der Waals surface area contributed by atoms with E-state index in [0.717, 1.165) is 17.8 Å². The van der Waals surface area contributed by atoms with Crippen LogP contribution in [0.3, 0.4) is 0 Å². The first kappa shape index (κ1) is 14.6. The lowest BCUT2D eigenvalue weighted by atomic mass is 10.1. The number of carbonyl (C=O) groups is 1. The maximum atomic E-state index is 11.3. The first-order valence-electron chi connectivity index (χ1n) is 5.97. The van der Waals surface area contributed by atoms with Crippen molar-refractivity contribution in [3.8, 4) is 0 Å². The van der Waals surface area contributed by atoms with Gasteiger partial charge in [0.05, 0.1) is 18.7 Å². The maximum absolute atomic E-state index is 11.3. The fourth-order valence-corrected chi connectivity index (χ4v) is 1.90. The molecule has 5 heteroatoms. The van der Waals surface area contributed by atoms with E-state index in [1.54, 1.807) is 6.20 Å². The lowest BCUT2D eigenvalue weighted by Gasteiger charge is -2.20. The molecule has 1 rings (SSSR count). The third-order valence-corrected chi connectivity index (χ3v) is 2.81. The van der Waals surface area contributed by atoms with Gasteiger partial charge in [-0.1, -0.05) is 13.0 Å². The molecule has 1 heterocycles. The Bertz CT molecular complexity index is 396. The SMILES string of the molecule is COC(=O)C(C)CN(C)Cc1cccnc1CN. The third kappa shape index (κ3) is 4.09. The summed E-state index contributed by atoms with van der Waals surface area (Å²) in [4.78, 5) is 17.6. The molecule has 100 valence electrons. The number of carbonyl (C=O) groups excluding carboxylic acids is 1. The van der Waals surface area contributed by atoms with Gasteiger partial charge in [0.2, 0.25) is 0 Å². The molecule has 0 aliphatic rings. The zero-order valence-electron chi connectivity index (χ0n) is 11.2. The summed E-state index contributed by atoms with van der Waals surface area (Å²) < 4.78 is 4.71. The second-order valence-corrected chi connectivity index (χ2v) is 4.43. The van der Waals surface area contributed by atoms with E-state index in [1.807, 2.05) is 26.1 Å². The summed E-state index contributed by atoms with van der Waals surface area (Å²) in [7, 11) is 3.37. The van der Waals surface area contributed by atoms with Gasteiger partial charge in [-0.3, -0.25) is 9.78 Å². The standard InChI is InChI=1S/C13H21N3O2/c1-10(13(17)18-3)8-16(2)9-11-5-4-6-15-12(11)7-14/h4-6,10H,7-9,14H2,1-3H3. The number of nitrogens with two attached hydrogens (primary N) is 1. The molecule has 1 aromatic rings. The number of hydrogen-bond acceptors (Lipinski definition) is 5. The average molecular weight is 251 g/mol. The third-order valence-electron chi connectivity index (χ3n) is 2.81. The van der Waals surface area contributed by atoms with Gasteiger partial charge >= 0.3 is 5.97 Å². The number of rotatable bonds is 6. The molecule has 5 nitrogen and oxygen atoms in total. The summed E-state index contributed by atoms with van der Waals surface area (Å²) >= 11 is 0. The van der Waals surface area contributed by atoms with Crippen molar-refractivity contribution in [1.82, 2.24) is 9.88 Å². The second kappa shape index (κ2) is 7.08. The highest BCUT2D eigenvalue weighted by Crippen LogP contribution is 2.09. The largest absolute Gasteiger partial charge is 0.469 e. The van der Waals surface area contributed by atoms with E-state index in [-0.39, 0.29) is 11.9 Å². The number of nitrogens with zero attached hydrogens (tertiary/aromatic N) is 2. The quantitative estimate of drug-likeness (QED) is 0.757. The Morgan fingerprint density at radius 2 is 2.33 bits per heavy atom. The van der Waals surface area contributed by atoms with Crippen molar-refractivity contribution < 1.29 is 9.53 Å². The van der Waals surface area contributed by atoms with Gasteiger partial charge in [-0.2, -0.15) is 0 Å². The number of methoxy groups -OCH3 is 1. The van der Waals surface area contributed by atoms with Crippen LogP contribution in [0, 0.1) is 5.92 Å². The van der Waals surface area contributed by atoms with E-state index in [1.165, 1.54) is 7.11 Å². The fourth-order valence-electron chi connectivity index (χ4n) is 1.90. The van der Waals surface area contributed by atoms with Crippen LogP contribution in [0.4, 0.5) is 0 Å². The summed E-state index contributed by atoms with van der Waals surface area (Å²) in [6, 6.07) is 3.90. The van der Waals surface area contributed by atoms with E-state index >= 15 is 0 Å². The van der Waals surface area contributed by atoms with Crippen LogP contribution in [-0.4, -0.2) is 36.6 Å². The van der Waals surface area contributed by atoms with Crippen molar-refractivity contribution >= 4 is 5.97 Å². The topological polar surface area (TPSA) is 68.5 Å². The maximum Gasteiger partial charge on any atom is 0.309 e. The molecule has 0 amide bonds. The highest BCUT2D eigenvalue weighted by molar-refractivity contribution is 5.72. The molecule has 0 saturated carbocycles. The Morgan fingerprint density at radius 1 is 1.61 bits per heavy atom. The van der Waals surface area contributed by atoms with Crippen molar-refractivity contribution in [3.05, 3.63) is 29.6 Å². The van der Waals surface area contributed by atoms with Gasteiger partial charge in [0, 0.05) is 25.8 Å². The van der Waals surface area contributed by atoms with E-state index in [4.69, 9.17) is 10.5 Å². The summed E-state index contributed by atoms with van der Waals surface area (Å²) in [5.74, 6) is -0.329. The number of aromatic nitrogens is 1. The lowest BCUT2D eigenvalue weighted by molar-refractivity contribution is -0.145. The molecule has 0 spiro atoms. The molecular weight excluding hydrogens is 230 g/mol. The van der Waals surface area contributed by atoms with E-state index in [2.05, 4.69) is 9.88 Å². The molecule has 0 radical (unpaired) electrons. The second-order valence-electron chi connectivity index (χ2n) is 4.43. The van der Waals surface area contributed by atoms with Crippen LogP contribution in [0.2, 0.25) is 0 Å². The summed E-state index contributed by atoms with van der Waals surface area (Å²) in [5, 5.41) is 0.